The van der Waals surface area contributed by atoms with Gasteiger partial charge in [-0.1, -0.05) is 46.6 Å². The molecule has 2 aromatic rings. The van der Waals surface area contributed by atoms with Crippen molar-refractivity contribution < 1.29 is 0 Å². The van der Waals surface area contributed by atoms with Gasteiger partial charge >= 0.3 is 0 Å². The summed E-state index contributed by atoms with van der Waals surface area (Å²) in [6.07, 6.45) is 3.10. The van der Waals surface area contributed by atoms with Crippen LogP contribution in [0.3, 0.4) is 0 Å². The van der Waals surface area contributed by atoms with Crippen LogP contribution < -0.4 is 5.32 Å². The predicted octanol–water partition coefficient (Wildman–Crippen LogP) is 5.73. The van der Waals surface area contributed by atoms with Crippen molar-refractivity contribution in [3.8, 4) is 6.07 Å². The number of fused-ring (bicyclic) bond motifs is 1. The summed E-state index contributed by atoms with van der Waals surface area (Å²) in [5.74, 6) is 0. The molecule has 0 unspecified atom stereocenters. The van der Waals surface area contributed by atoms with E-state index in [1.807, 2.05) is 13.8 Å². The topological polar surface area (TPSA) is 35.8 Å². The molecule has 110 valence electrons. The van der Waals surface area contributed by atoms with E-state index >= 15 is 0 Å². The first-order valence-electron chi connectivity index (χ1n) is 7.36. The van der Waals surface area contributed by atoms with E-state index in [0.29, 0.717) is 0 Å². The van der Waals surface area contributed by atoms with Crippen LogP contribution in [-0.4, -0.2) is 6.54 Å². The van der Waals surface area contributed by atoms with Gasteiger partial charge in [0.25, 0.3) is 0 Å². The number of benzene rings is 2. The second-order valence-electron chi connectivity index (χ2n) is 6.02. The van der Waals surface area contributed by atoms with E-state index in [1.54, 1.807) is 0 Å². The van der Waals surface area contributed by atoms with Crippen molar-refractivity contribution in [3.05, 3.63) is 40.9 Å². The average Bonchev–Trinajstić information content (AvgIpc) is 2.49. The van der Waals surface area contributed by atoms with Crippen molar-refractivity contribution in [2.24, 2.45) is 5.41 Å². The fourth-order valence-corrected chi connectivity index (χ4v) is 2.87. The third kappa shape index (κ3) is 4.22. The summed E-state index contributed by atoms with van der Waals surface area (Å²) in [4.78, 5) is 0. The van der Waals surface area contributed by atoms with Gasteiger partial charge in [-0.3, -0.25) is 0 Å². The number of hydrogen-bond acceptors (Lipinski definition) is 2. The van der Waals surface area contributed by atoms with E-state index in [1.165, 1.54) is 16.5 Å². The minimum atomic E-state index is -0.204. The number of nitriles is 1. The third-order valence-electron chi connectivity index (χ3n) is 3.72. The van der Waals surface area contributed by atoms with Crippen molar-refractivity contribution in [1.82, 2.24) is 0 Å². The van der Waals surface area contributed by atoms with Crippen LogP contribution in [0.1, 0.15) is 33.1 Å². The summed E-state index contributed by atoms with van der Waals surface area (Å²) < 4.78 is 1.12. The van der Waals surface area contributed by atoms with Gasteiger partial charge in [-0.2, -0.15) is 5.26 Å². The smallest absolute Gasteiger partial charge is 0.0683 e. The first-order chi connectivity index (χ1) is 10.0. The van der Waals surface area contributed by atoms with Crippen LogP contribution in [0.25, 0.3) is 10.8 Å². The number of halogens is 1. The molecule has 2 nitrogen and oxygen atoms in total. The van der Waals surface area contributed by atoms with Gasteiger partial charge in [0.1, 0.15) is 0 Å². The Hall–Kier alpha value is -1.53. The van der Waals surface area contributed by atoms with Crippen molar-refractivity contribution in [2.75, 3.05) is 11.9 Å². The first kappa shape index (κ1) is 15.9. The molecular weight excluding hydrogens is 324 g/mol. The van der Waals surface area contributed by atoms with E-state index in [9.17, 15) is 0 Å². The highest BCUT2D eigenvalue weighted by Gasteiger charge is 2.15. The highest BCUT2D eigenvalue weighted by atomic mass is 79.9. The largest absolute Gasteiger partial charge is 0.385 e. The molecule has 0 fully saturated rings. The Morgan fingerprint density at radius 2 is 1.81 bits per heavy atom. The van der Waals surface area contributed by atoms with E-state index < -0.39 is 0 Å². The SMILES string of the molecule is CC(C)(C#N)CCCCNc1ccc(Br)c2ccccc12. The monoisotopic (exact) mass is 344 g/mol. The molecule has 0 atom stereocenters. The first-order valence-corrected chi connectivity index (χ1v) is 8.15. The van der Waals surface area contributed by atoms with Crippen LogP contribution in [0.5, 0.6) is 0 Å². The Labute approximate surface area is 135 Å². The van der Waals surface area contributed by atoms with Gasteiger partial charge in [-0.05, 0) is 44.2 Å². The zero-order valence-electron chi connectivity index (χ0n) is 12.6. The van der Waals surface area contributed by atoms with Crippen LogP contribution in [0.15, 0.2) is 40.9 Å². The van der Waals surface area contributed by atoms with Gasteiger partial charge in [0.05, 0.1) is 11.5 Å². The van der Waals surface area contributed by atoms with Gasteiger partial charge in [0, 0.05) is 22.1 Å². The molecule has 0 saturated carbocycles. The summed E-state index contributed by atoms with van der Waals surface area (Å²) in [5, 5.41) is 15.0. The standard InChI is InChI=1S/C18H21BrN2/c1-18(2,13-20)11-5-6-12-21-17-10-9-16(19)14-7-3-4-8-15(14)17/h3-4,7-10,21H,5-6,11-12H2,1-2H3. The van der Waals surface area contributed by atoms with Crippen LogP contribution in [0.2, 0.25) is 0 Å². The maximum absolute atomic E-state index is 9.00. The minimum absolute atomic E-state index is 0.204. The number of rotatable bonds is 6. The molecule has 3 heteroatoms. The predicted molar refractivity (Wildman–Crippen MR) is 93.4 cm³/mol. The Kier molecular flexibility index (Phi) is 5.25. The maximum Gasteiger partial charge on any atom is 0.0683 e. The Bertz CT molecular complexity index is 656. The van der Waals surface area contributed by atoms with Crippen LogP contribution in [0.4, 0.5) is 5.69 Å². The van der Waals surface area contributed by atoms with E-state index in [0.717, 1.165) is 30.3 Å². The molecule has 0 aliphatic rings. The van der Waals surface area contributed by atoms with E-state index in [4.69, 9.17) is 5.26 Å². The fraction of sp³-hybridized carbons (Fsp3) is 0.389. The molecule has 0 heterocycles. The summed E-state index contributed by atoms with van der Waals surface area (Å²) in [6, 6.07) is 14.9. The van der Waals surface area contributed by atoms with Gasteiger partial charge in [-0.25, -0.2) is 0 Å². The Balaban J connectivity index is 1.93. The molecule has 21 heavy (non-hydrogen) atoms. The van der Waals surface area contributed by atoms with Gasteiger partial charge < -0.3 is 5.32 Å². The van der Waals surface area contributed by atoms with Crippen molar-refractivity contribution in [3.63, 3.8) is 0 Å². The summed E-state index contributed by atoms with van der Waals surface area (Å²) in [5.41, 5.74) is 0.970. The Morgan fingerprint density at radius 1 is 1.10 bits per heavy atom. The van der Waals surface area contributed by atoms with E-state index in [-0.39, 0.29) is 5.41 Å². The lowest BCUT2D eigenvalue weighted by molar-refractivity contribution is 0.430. The lowest BCUT2D eigenvalue weighted by atomic mass is 9.89. The molecule has 0 bridgehead atoms. The molecule has 0 spiro atoms. The van der Waals surface area contributed by atoms with Gasteiger partial charge in [0.2, 0.25) is 0 Å². The number of unbranched alkanes of at least 4 members (excludes halogenated alkanes) is 1. The number of anilines is 1. The van der Waals surface area contributed by atoms with Crippen molar-refractivity contribution >= 4 is 32.4 Å². The lowest BCUT2D eigenvalue weighted by Gasteiger charge is -2.15. The van der Waals surface area contributed by atoms with Gasteiger partial charge in [-0.15, -0.1) is 0 Å². The fourth-order valence-electron chi connectivity index (χ4n) is 2.39. The number of hydrogen-bond donors (Lipinski definition) is 1. The molecule has 2 rings (SSSR count). The second kappa shape index (κ2) is 6.95. The lowest BCUT2D eigenvalue weighted by Crippen LogP contribution is -2.09. The molecule has 0 aliphatic heterocycles. The molecule has 0 amide bonds. The second-order valence-corrected chi connectivity index (χ2v) is 6.87. The maximum atomic E-state index is 9.00. The molecule has 0 radical (unpaired) electrons. The molecule has 0 saturated heterocycles. The van der Waals surface area contributed by atoms with Gasteiger partial charge in [0.15, 0.2) is 0 Å². The third-order valence-corrected chi connectivity index (χ3v) is 4.41. The van der Waals surface area contributed by atoms with E-state index in [2.05, 4.69) is 63.7 Å². The van der Waals surface area contributed by atoms with Crippen LogP contribution >= 0.6 is 15.9 Å². The molecule has 2 aromatic carbocycles. The molecule has 1 N–H and O–H groups in total. The normalized spacial score (nSPS) is 11.3. The quantitative estimate of drug-likeness (QED) is 0.678. The van der Waals surface area contributed by atoms with Crippen molar-refractivity contribution in [2.45, 2.75) is 33.1 Å². The molecular formula is C18H21BrN2. The zero-order chi connectivity index (χ0) is 15.3. The number of nitrogens with one attached hydrogen (secondary N) is 1. The minimum Gasteiger partial charge on any atom is -0.385 e. The highest BCUT2D eigenvalue weighted by molar-refractivity contribution is 9.10. The summed E-state index contributed by atoms with van der Waals surface area (Å²) in [7, 11) is 0. The molecule has 0 aromatic heterocycles. The summed E-state index contributed by atoms with van der Waals surface area (Å²) in [6.45, 7) is 4.94. The molecule has 0 aliphatic carbocycles. The highest BCUT2D eigenvalue weighted by Crippen LogP contribution is 2.30. The van der Waals surface area contributed by atoms with Crippen LogP contribution in [0, 0.1) is 16.7 Å². The zero-order valence-corrected chi connectivity index (χ0v) is 14.2. The summed E-state index contributed by atoms with van der Waals surface area (Å²) >= 11 is 3.60. The number of nitrogens with zero attached hydrogens (tertiary/aromatic N) is 1. The Morgan fingerprint density at radius 3 is 2.52 bits per heavy atom. The van der Waals surface area contributed by atoms with Crippen molar-refractivity contribution in [1.29, 1.82) is 5.26 Å². The average molecular weight is 345 g/mol. The van der Waals surface area contributed by atoms with Crippen LogP contribution in [-0.2, 0) is 0 Å².